The Hall–Kier alpha value is -1.82. The number of benzene rings is 1. The number of anilines is 1. The Kier molecular flexibility index (Phi) is 4.72. The first-order valence-corrected chi connectivity index (χ1v) is 7.59. The van der Waals surface area contributed by atoms with E-state index in [1.807, 2.05) is 6.92 Å². The summed E-state index contributed by atoms with van der Waals surface area (Å²) in [5.74, 6) is 0. The quantitative estimate of drug-likeness (QED) is 0.830. The third-order valence-electron chi connectivity index (χ3n) is 2.38. The van der Waals surface area contributed by atoms with Crippen LogP contribution in [-0.2, 0) is 9.84 Å². The van der Waals surface area contributed by atoms with Gasteiger partial charge >= 0.3 is 6.03 Å². The molecule has 1 aromatic rings. The number of hydrogen-bond acceptors (Lipinski definition) is 3. The molecule has 0 saturated heterocycles. The molecule has 0 heterocycles. The standard InChI is InChI=1S/C13H18N2O3S/c1-9(2)8-14-13(16)15-11-5-6-12(10(3)7-11)19(4,17)18/h5-7H,1,8H2,2-4H3,(H2,14,15,16). The molecule has 0 aromatic heterocycles. The minimum atomic E-state index is -3.24. The molecule has 0 atom stereocenters. The lowest BCUT2D eigenvalue weighted by atomic mass is 10.2. The summed E-state index contributed by atoms with van der Waals surface area (Å²) >= 11 is 0. The molecule has 0 radical (unpaired) electrons. The number of sulfone groups is 1. The van der Waals surface area contributed by atoms with E-state index in [1.165, 1.54) is 6.07 Å². The topological polar surface area (TPSA) is 75.3 Å². The number of rotatable bonds is 4. The molecule has 1 aromatic carbocycles. The summed E-state index contributed by atoms with van der Waals surface area (Å²) in [4.78, 5) is 11.8. The van der Waals surface area contributed by atoms with Crippen molar-refractivity contribution in [3.05, 3.63) is 35.9 Å². The molecule has 104 valence electrons. The molecule has 0 spiro atoms. The summed E-state index contributed by atoms with van der Waals surface area (Å²) < 4.78 is 22.9. The van der Waals surface area contributed by atoms with Crippen molar-refractivity contribution in [3.63, 3.8) is 0 Å². The van der Waals surface area contributed by atoms with Crippen molar-refractivity contribution in [2.24, 2.45) is 0 Å². The van der Waals surface area contributed by atoms with E-state index in [1.54, 1.807) is 19.1 Å². The number of aryl methyl sites for hydroxylation is 1. The smallest absolute Gasteiger partial charge is 0.319 e. The first kappa shape index (κ1) is 15.2. The Balaban J connectivity index is 2.80. The van der Waals surface area contributed by atoms with Crippen molar-refractivity contribution >= 4 is 21.6 Å². The first-order valence-electron chi connectivity index (χ1n) is 5.70. The van der Waals surface area contributed by atoms with Gasteiger partial charge in [0.2, 0.25) is 0 Å². The van der Waals surface area contributed by atoms with Gasteiger partial charge < -0.3 is 10.6 Å². The van der Waals surface area contributed by atoms with Crippen molar-refractivity contribution in [1.82, 2.24) is 5.32 Å². The Bertz CT molecular complexity index is 606. The molecule has 19 heavy (non-hydrogen) atoms. The van der Waals surface area contributed by atoms with E-state index in [9.17, 15) is 13.2 Å². The molecule has 2 N–H and O–H groups in total. The van der Waals surface area contributed by atoms with Crippen LogP contribution in [0.25, 0.3) is 0 Å². The molecular weight excluding hydrogens is 264 g/mol. The molecular formula is C13H18N2O3S. The zero-order chi connectivity index (χ0) is 14.6. The fourth-order valence-electron chi connectivity index (χ4n) is 1.55. The predicted molar refractivity (Wildman–Crippen MR) is 76.1 cm³/mol. The van der Waals surface area contributed by atoms with Gasteiger partial charge in [-0.1, -0.05) is 12.2 Å². The molecule has 2 amide bonds. The lowest BCUT2D eigenvalue weighted by Crippen LogP contribution is -2.29. The number of nitrogens with one attached hydrogen (secondary N) is 2. The average Bonchev–Trinajstić information content (AvgIpc) is 2.24. The molecule has 0 aliphatic rings. The van der Waals surface area contributed by atoms with Crippen molar-refractivity contribution in [2.75, 3.05) is 18.1 Å². The van der Waals surface area contributed by atoms with Gasteiger partial charge in [-0.25, -0.2) is 13.2 Å². The molecule has 6 heteroatoms. The number of amides is 2. The molecule has 0 aliphatic carbocycles. The minimum absolute atomic E-state index is 0.264. The highest BCUT2D eigenvalue weighted by Crippen LogP contribution is 2.19. The molecule has 0 unspecified atom stereocenters. The van der Waals surface area contributed by atoms with Gasteiger partial charge in [-0.15, -0.1) is 0 Å². The van der Waals surface area contributed by atoms with E-state index in [2.05, 4.69) is 17.2 Å². The van der Waals surface area contributed by atoms with Crippen LogP contribution < -0.4 is 10.6 Å². The highest BCUT2D eigenvalue weighted by Gasteiger charge is 2.11. The summed E-state index contributed by atoms with van der Waals surface area (Å²) in [6.45, 7) is 7.57. The largest absolute Gasteiger partial charge is 0.334 e. The van der Waals surface area contributed by atoms with E-state index >= 15 is 0 Å². The van der Waals surface area contributed by atoms with Crippen LogP contribution in [0.2, 0.25) is 0 Å². The van der Waals surface area contributed by atoms with Crippen LogP contribution in [0.4, 0.5) is 10.5 Å². The van der Waals surface area contributed by atoms with Crippen LogP contribution in [0.15, 0.2) is 35.2 Å². The summed E-state index contributed by atoms with van der Waals surface area (Å²) in [7, 11) is -3.24. The molecule has 5 nitrogen and oxygen atoms in total. The Morgan fingerprint density at radius 3 is 2.47 bits per heavy atom. The van der Waals surface area contributed by atoms with Crippen LogP contribution in [-0.4, -0.2) is 27.2 Å². The normalized spacial score (nSPS) is 10.9. The van der Waals surface area contributed by atoms with Gasteiger partial charge in [-0.3, -0.25) is 0 Å². The molecule has 0 bridgehead atoms. The van der Waals surface area contributed by atoms with E-state index in [4.69, 9.17) is 0 Å². The fourth-order valence-corrected chi connectivity index (χ4v) is 2.51. The third-order valence-corrected chi connectivity index (χ3v) is 3.64. The Labute approximate surface area is 113 Å². The number of hydrogen-bond donors (Lipinski definition) is 2. The van der Waals surface area contributed by atoms with Crippen LogP contribution in [0.3, 0.4) is 0 Å². The molecule has 0 fully saturated rings. The Morgan fingerprint density at radius 1 is 1.37 bits per heavy atom. The van der Waals surface area contributed by atoms with E-state index < -0.39 is 9.84 Å². The summed E-state index contributed by atoms with van der Waals surface area (Å²) in [5, 5.41) is 5.26. The molecule has 0 aliphatic heterocycles. The fraction of sp³-hybridized carbons (Fsp3) is 0.308. The van der Waals surface area contributed by atoms with Gasteiger partial charge in [0.15, 0.2) is 9.84 Å². The second-order valence-corrected chi connectivity index (χ2v) is 6.50. The average molecular weight is 282 g/mol. The second kappa shape index (κ2) is 5.88. The van der Waals surface area contributed by atoms with Gasteiger partial charge in [-0.2, -0.15) is 0 Å². The maximum atomic E-state index is 11.5. The maximum absolute atomic E-state index is 11.5. The second-order valence-electron chi connectivity index (χ2n) is 4.52. The number of carbonyl (C=O) groups is 1. The lowest BCUT2D eigenvalue weighted by molar-refractivity contribution is 0.253. The highest BCUT2D eigenvalue weighted by atomic mass is 32.2. The lowest BCUT2D eigenvalue weighted by Gasteiger charge is -2.10. The minimum Gasteiger partial charge on any atom is -0.334 e. The van der Waals surface area contributed by atoms with Gasteiger partial charge in [0.25, 0.3) is 0 Å². The maximum Gasteiger partial charge on any atom is 0.319 e. The van der Waals surface area contributed by atoms with Crippen LogP contribution in [0.1, 0.15) is 12.5 Å². The van der Waals surface area contributed by atoms with Crippen molar-refractivity contribution in [1.29, 1.82) is 0 Å². The van der Waals surface area contributed by atoms with Crippen molar-refractivity contribution in [2.45, 2.75) is 18.7 Å². The number of carbonyl (C=O) groups excluding carboxylic acids is 1. The highest BCUT2D eigenvalue weighted by molar-refractivity contribution is 7.90. The summed E-state index contributed by atoms with van der Waals surface area (Å²) in [5.41, 5.74) is 1.99. The zero-order valence-electron chi connectivity index (χ0n) is 11.3. The van der Waals surface area contributed by atoms with Gasteiger partial charge in [0.1, 0.15) is 0 Å². The van der Waals surface area contributed by atoms with Crippen molar-refractivity contribution < 1.29 is 13.2 Å². The summed E-state index contributed by atoms with van der Waals surface area (Å²) in [6.07, 6.45) is 1.15. The Morgan fingerprint density at radius 2 is 2.00 bits per heavy atom. The SMILES string of the molecule is C=C(C)CNC(=O)Nc1ccc(S(C)(=O)=O)c(C)c1. The number of urea groups is 1. The molecule has 1 rings (SSSR count). The van der Waals surface area contributed by atoms with Crippen molar-refractivity contribution in [3.8, 4) is 0 Å². The van der Waals surface area contributed by atoms with E-state index in [0.717, 1.165) is 11.8 Å². The van der Waals surface area contributed by atoms with E-state index in [0.29, 0.717) is 17.8 Å². The first-order chi connectivity index (χ1) is 8.70. The van der Waals surface area contributed by atoms with E-state index in [-0.39, 0.29) is 10.9 Å². The predicted octanol–water partition coefficient (Wildman–Crippen LogP) is 2.10. The van der Waals surface area contributed by atoms with Gasteiger partial charge in [-0.05, 0) is 37.6 Å². The van der Waals surface area contributed by atoms with Gasteiger partial charge in [0.05, 0.1) is 4.90 Å². The van der Waals surface area contributed by atoms with Crippen LogP contribution in [0, 0.1) is 6.92 Å². The van der Waals surface area contributed by atoms with Crippen LogP contribution in [0.5, 0.6) is 0 Å². The van der Waals surface area contributed by atoms with Crippen LogP contribution >= 0.6 is 0 Å². The third kappa shape index (κ3) is 4.75. The molecule has 0 saturated carbocycles. The zero-order valence-corrected chi connectivity index (χ0v) is 12.1. The summed E-state index contributed by atoms with van der Waals surface area (Å²) in [6, 6.07) is 4.31. The van der Waals surface area contributed by atoms with Gasteiger partial charge in [0, 0.05) is 18.5 Å². The monoisotopic (exact) mass is 282 g/mol.